The highest BCUT2D eigenvalue weighted by Gasteiger charge is 2.32. The molecular formula is C17H21NOS. The molecule has 1 saturated carbocycles. The Morgan fingerprint density at radius 3 is 2.90 bits per heavy atom. The zero-order valence-electron chi connectivity index (χ0n) is 11.8. The first kappa shape index (κ1) is 13.7. The molecule has 1 fully saturated rings. The molecule has 2 nitrogen and oxygen atoms in total. The zero-order valence-corrected chi connectivity index (χ0v) is 12.7. The van der Waals surface area contributed by atoms with Gasteiger partial charge in [-0.3, -0.25) is 0 Å². The second-order valence-corrected chi connectivity index (χ2v) is 6.27. The topological polar surface area (TPSA) is 21.3 Å². The normalized spacial score (nSPS) is 16.1. The van der Waals surface area contributed by atoms with Gasteiger partial charge in [0.1, 0.15) is 5.75 Å². The van der Waals surface area contributed by atoms with Crippen LogP contribution in [0.25, 0.3) is 0 Å². The highest BCUT2D eigenvalue weighted by molar-refractivity contribution is 7.10. The molecule has 1 aliphatic rings. The Labute approximate surface area is 124 Å². The molecule has 1 atom stereocenters. The van der Waals surface area contributed by atoms with Crippen molar-refractivity contribution in [2.24, 2.45) is 5.92 Å². The van der Waals surface area contributed by atoms with Crippen molar-refractivity contribution in [1.29, 1.82) is 0 Å². The number of thiophene rings is 1. The van der Waals surface area contributed by atoms with Gasteiger partial charge in [0.2, 0.25) is 0 Å². The van der Waals surface area contributed by atoms with Crippen molar-refractivity contribution in [3.63, 3.8) is 0 Å². The smallest absolute Gasteiger partial charge is 0.119 e. The summed E-state index contributed by atoms with van der Waals surface area (Å²) in [5, 5.41) is 5.89. The Morgan fingerprint density at radius 1 is 1.30 bits per heavy atom. The van der Waals surface area contributed by atoms with Gasteiger partial charge in [-0.15, -0.1) is 11.3 Å². The molecule has 0 spiro atoms. The maximum atomic E-state index is 5.56. The fraction of sp³-hybridized carbons (Fsp3) is 0.412. The lowest BCUT2D eigenvalue weighted by Crippen LogP contribution is -2.21. The van der Waals surface area contributed by atoms with Crippen LogP contribution in [0.2, 0.25) is 0 Å². The van der Waals surface area contributed by atoms with Crippen LogP contribution in [0.15, 0.2) is 41.8 Å². The van der Waals surface area contributed by atoms with E-state index in [9.17, 15) is 0 Å². The van der Waals surface area contributed by atoms with Crippen molar-refractivity contribution in [2.75, 3.05) is 6.61 Å². The average Bonchev–Trinajstić information content (AvgIpc) is 3.15. The fourth-order valence-corrected chi connectivity index (χ4v) is 3.43. The van der Waals surface area contributed by atoms with Crippen LogP contribution in [0.3, 0.4) is 0 Å². The molecule has 1 N–H and O–H groups in total. The van der Waals surface area contributed by atoms with Crippen LogP contribution in [-0.4, -0.2) is 6.61 Å². The van der Waals surface area contributed by atoms with E-state index in [0.717, 1.165) is 24.8 Å². The van der Waals surface area contributed by atoms with Crippen LogP contribution in [0, 0.1) is 5.92 Å². The highest BCUT2D eigenvalue weighted by atomic mass is 32.1. The van der Waals surface area contributed by atoms with Gasteiger partial charge >= 0.3 is 0 Å². The van der Waals surface area contributed by atoms with Gasteiger partial charge in [0, 0.05) is 17.5 Å². The predicted octanol–water partition coefficient (Wildman–Crippen LogP) is 4.39. The van der Waals surface area contributed by atoms with Crippen LogP contribution in [0.5, 0.6) is 5.75 Å². The van der Waals surface area contributed by atoms with Gasteiger partial charge < -0.3 is 10.1 Å². The lowest BCUT2D eigenvalue weighted by atomic mass is 10.1. The summed E-state index contributed by atoms with van der Waals surface area (Å²) in [6, 6.07) is 13.3. The third-order valence-corrected chi connectivity index (χ3v) is 4.63. The van der Waals surface area contributed by atoms with E-state index in [1.165, 1.54) is 23.3 Å². The number of rotatable bonds is 7. The first-order chi connectivity index (χ1) is 9.86. The SMILES string of the molecule is CCOc1cccc(CNC(c2cccs2)C2CC2)c1. The molecule has 1 unspecified atom stereocenters. The minimum atomic E-state index is 0.519. The van der Waals surface area contributed by atoms with Crippen molar-refractivity contribution in [3.05, 3.63) is 52.2 Å². The first-order valence-electron chi connectivity index (χ1n) is 7.35. The molecule has 1 aromatic heterocycles. The summed E-state index contributed by atoms with van der Waals surface area (Å²) < 4.78 is 5.56. The molecule has 1 aromatic carbocycles. The van der Waals surface area contributed by atoms with Crippen LogP contribution < -0.4 is 10.1 Å². The van der Waals surface area contributed by atoms with E-state index in [4.69, 9.17) is 4.74 Å². The van der Waals surface area contributed by atoms with Gasteiger partial charge in [0.15, 0.2) is 0 Å². The van der Waals surface area contributed by atoms with E-state index in [-0.39, 0.29) is 0 Å². The Morgan fingerprint density at radius 2 is 2.20 bits per heavy atom. The molecule has 3 rings (SSSR count). The van der Waals surface area contributed by atoms with Gasteiger partial charge in [-0.1, -0.05) is 18.2 Å². The summed E-state index contributed by atoms with van der Waals surface area (Å²) in [6.45, 7) is 3.64. The standard InChI is InChI=1S/C17H21NOS/c1-2-19-15-6-3-5-13(11-15)12-18-17(14-8-9-14)16-7-4-10-20-16/h3-7,10-11,14,17-18H,2,8-9,12H2,1H3. The second-order valence-electron chi connectivity index (χ2n) is 5.29. The van der Waals surface area contributed by atoms with Crippen molar-refractivity contribution >= 4 is 11.3 Å². The molecule has 1 heterocycles. The molecule has 1 aliphatic carbocycles. The number of hydrogen-bond acceptors (Lipinski definition) is 3. The molecule has 20 heavy (non-hydrogen) atoms. The molecule has 0 bridgehead atoms. The Kier molecular flexibility index (Phi) is 4.38. The van der Waals surface area contributed by atoms with Gasteiger partial charge in [0.05, 0.1) is 6.61 Å². The molecule has 3 heteroatoms. The summed E-state index contributed by atoms with van der Waals surface area (Å²) in [5.41, 5.74) is 1.29. The number of nitrogens with one attached hydrogen (secondary N) is 1. The second kappa shape index (κ2) is 6.42. The quantitative estimate of drug-likeness (QED) is 0.815. The lowest BCUT2D eigenvalue weighted by molar-refractivity contribution is 0.339. The van der Waals surface area contributed by atoms with Crippen LogP contribution in [0.4, 0.5) is 0 Å². The van der Waals surface area contributed by atoms with Crippen LogP contribution in [0.1, 0.15) is 36.2 Å². The fourth-order valence-electron chi connectivity index (χ4n) is 2.54. The summed E-state index contributed by atoms with van der Waals surface area (Å²) in [4.78, 5) is 1.47. The number of benzene rings is 1. The lowest BCUT2D eigenvalue weighted by Gasteiger charge is -2.17. The minimum absolute atomic E-state index is 0.519. The highest BCUT2D eigenvalue weighted by Crippen LogP contribution is 2.42. The molecule has 2 aromatic rings. The Hall–Kier alpha value is -1.32. The summed E-state index contributed by atoms with van der Waals surface area (Å²) >= 11 is 1.86. The third-order valence-electron chi connectivity index (χ3n) is 3.68. The van der Waals surface area contributed by atoms with E-state index in [0.29, 0.717) is 6.04 Å². The molecule has 0 saturated heterocycles. The van der Waals surface area contributed by atoms with Gasteiger partial charge in [-0.05, 0) is 54.8 Å². The van der Waals surface area contributed by atoms with Crippen molar-refractivity contribution < 1.29 is 4.74 Å². The Balaban J connectivity index is 1.64. The molecule has 106 valence electrons. The summed E-state index contributed by atoms with van der Waals surface area (Å²) in [5.74, 6) is 1.79. The van der Waals surface area contributed by atoms with E-state index in [1.54, 1.807) is 0 Å². The monoisotopic (exact) mass is 287 g/mol. The number of hydrogen-bond donors (Lipinski definition) is 1. The first-order valence-corrected chi connectivity index (χ1v) is 8.23. The van der Waals surface area contributed by atoms with E-state index in [1.807, 2.05) is 24.3 Å². The van der Waals surface area contributed by atoms with Crippen molar-refractivity contribution in [1.82, 2.24) is 5.32 Å². The van der Waals surface area contributed by atoms with Crippen molar-refractivity contribution in [3.8, 4) is 5.75 Å². The maximum absolute atomic E-state index is 5.56. The molecule has 0 aliphatic heterocycles. The van der Waals surface area contributed by atoms with Crippen molar-refractivity contribution in [2.45, 2.75) is 32.4 Å². The predicted molar refractivity (Wildman–Crippen MR) is 84.2 cm³/mol. The molecular weight excluding hydrogens is 266 g/mol. The maximum Gasteiger partial charge on any atom is 0.119 e. The largest absolute Gasteiger partial charge is 0.494 e. The average molecular weight is 287 g/mol. The van der Waals surface area contributed by atoms with Crippen LogP contribution in [-0.2, 0) is 6.54 Å². The summed E-state index contributed by atoms with van der Waals surface area (Å²) in [7, 11) is 0. The Bertz CT molecular complexity index is 534. The van der Waals surface area contributed by atoms with Gasteiger partial charge in [-0.25, -0.2) is 0 Å². The molecule has 0 amide bonds. The van der Waals surface area contributed by atoms with Gasteiger partial charge in [0.25, 0.3) is 0 Å². The van der Waals surface area contributed by atoms with E-state index >= 15 is 0 Å². The van der Waals surface area contributed by atoms with Gasteiger partial charge in [-0.2, -0.15) is 0 Å². The third kappa shape index (κ3) is 3.41. The minimum Gasteiger partial charge on any atom is -0.494 e. The van der Waals surface area contributed by atoms with E-state index in [2.05, 4.69) is 41.0 Å². The summed E-state index contributed by atoms with van der Waals surface area (Å²) in [6.07, 6.45) is 2.71. The molecule has 0 radical (unpaired) electrons. The van der Waals surface area contributed by atoms with E-state index < -0.39 is 0 Å². The number of ether oxygens (including phenoxy) is 1. The zero-order chi connectivity index (χ0) is 13.8. The van der Waals surface area contributed by atoms with Crippen LogP contribution >= 0.6 is 11.3 Å².